The average Bonchev–Trinajstić information content (AvgIpc) is 2.65. The summed E-state index contributed by atoms with van der Waals surface area (Å²) in [6.45, 7) is 7.00. The summed E-state index contributed by atoms with van der Waals surface area (Å²) < 4.78 is 1.90. The fourth-order valence-corrected chi connectivity index (χ4v) is 1.55. The van der Waals surface area contributed by atoms with Gasteiger partial charge in [-0.2, -0.15) is 5.10 Å². The van der Waals surface area contributed by atoms with Crippen molar-refractivity contribution < 1.29 is 5.11 Å². The van der Waals surface area contributed by atoms with Gasteiger partial charge < -0.3 is 5.11 Å². The first-order chi connectivity index (χ1) is 7.15. The lowest BCUT2D eigenvalue weighted by Gasteiger charge is -2.13. The molecular formula is C11H21N3O. The van der Waals surface area contributed by atoms with E-state index in [4.69, 9.17) is 0 Å². The van der Waals surface area contributed by atoms with Crippen LogP contribution in [0.2, 0.25) is 0 Å². The maximum Gasteiger partial charge on any atom is 0.138 e. The topological polar surface area (TPSA) is 50.9 Å². The Kier molecular flexibility index (Phi) is 4.75. The minimum atomic E-state index is -0.192. The molecule has 15 heavy (non-hydrogen) atoms. The first-order valence-corrected chi connectivity index (χ1v) is 5.69. The molecule has 1 unspecified atom stereocenters. The molecule has 0 fully saturated rings. The van der Waals surface area contributed by atoms with Crippen LogP contribution in [0, 0.1) is 5.92 Å². The van der Waals surface area contributed by atoms with E-state index in [1.165, 1.54) is 0 Å². The average molecular weight is 211 g/mol. The number of rotatable bonds is 6. The molecule has 1 aromatic rings. The van der Waals surface area contributed by atoms with Crippen molar-refractivity contribution >= 4 is 0 Å². The summed E-state index contributed by atoms with van der Waals surface area (Å²) in [5, 5.41) is 13.7. The highest BCUT2D eigenvalue weighted by Gasteiger charge is 2.09. The number of aryl methyl sites for hydroxylation is 2. The van der Waals surface area contributed by atoms with E-state index >= 15 is 0 Å². The van der Waals surface area contributed by atoms with Crippen LogP contribution < -0.4 is 0 Å². The third kappa shape index (κ3) is 3.63. The highest BCUT2D eigenvalue weighted by atomic mass is 16.3. The summed E-state index contributed by atoms with van der Waals surface area (Å²) >= 11 is 0. The van der Waals surface area contributed by atoms with E-state index in [9.17, 15) is 5.11 Å². The van der Waals surface area contributed by atoms with Crippen molar-refractivity contribution in [3.8, 4) is 0 Å². The maximum atomic E-state index is 9.64. The van der Waals surface area contributed by atoms with E-state index in [0.717, 1.165) is 31.6 Å². The molecule has 0 saturated heterocycles. The Morgan fingerprint density at radius 2 is 2.20 bits per heavy atom. The molecule has 0 saturated carbocycles. The van der Waals surface area contributed by atoms with Crippen LogP contribution >= 0.6 is 0 Å². The standard InChI is InChI=1S/C11H21N3O/c1-4-14-11(12-8-13-14)7-5-6-10(15)9(2)3/h8-10,15H,4-7H2,1-3H3. The molecule has 4 heteroatoms. The molecule has 1 aromatic heterocycles. The summed E-state index contributed by atoms with van der Waals surface area (Å²) in [4.78, 5) is 4.20. The lowest BCUT2D eigenvalue weighted by atomic mass is 10.0. The van der Waals surface area contributed by atoms with E-state index in [0.29, 0.717) is 5.92 Å². The van der Waals surface area contributed by atoms with Crippen molar-refractivity contribution in [2.24, 2.45) is 5.92 Å². The van der Waals surface area contributed by atoms with Gasteiger partial charge in [0.1, 0.15) is 12.2 Å². The zero-order valence-corrected chi connectivity index (χ0v) is 9.85. The second kappa shape index (κ2) is 5.85. The Morgan fingerprint density at radius 3 is 2.80 bits per heavy atom. The predicted octanol–water partition coefficient (Wildman–Crippen LogP) is 1.64. The molecule has 0 aliphatic carbocycles. The van der Waals surface area contributed by atoms with Crippen molar-refractivity contribution in [3.63, 3.8) is 0 Å². The van der Waals surface area contributed by atoms with Gasteiger partial charge in [-0.25, -0.2) is 4.98 Å². The summed E-state index contributed by atoms with van der Waals surface area (Å²) in [5.41, 5.74) is 0. The second-order valence-corrected chi connectivity index (χ2v) is 4.20. The lowest BCUT2D eigenvalue weighted by Crippen LogP contribution is -2.15. The normalized spacial score (nSPS) is 13.4. The quantitative estimate of drug-likeness (QED) is 0.778. The highest BCUT2D eigenvalue weighted by molar-refractivity contribution is 4.84. The van der Waals surface area contributed by atoms with E-state index in [-0.39, 0.29) is 6.10 Å². The molecular weight excluding hydrogens is 190 g/mol. The maximum absolute atomic E-state index is 9.64. The zero-order chi connectivity index (χ0) is 11.3. The smallest absolute Gasteiger partial charge is 0.138 e. The molecule has 86 valence electrons. The van der Waals surface area contributed by atoms with Gasteiger partial charge >= 0.3 is 0 Å². The molecule has 0 radical (unpaired) electrons. The van der Waals surface area contributed by atoms with Gasteiger partial charge in [-0.15, -0.1) is 0 Å². The van der Waals surface area contributed by atoms with E-state index in [1.807, 2.05) is 18.5 Å². The Balaban J connectivity index is 2.31. The summed E-state index contributed by atoms with van der Waals surface area (Å²) in [6.07, 6.45) is 4.12. The highest BCUT2D eigenvalue weighted by Crippen LogP contribution is 2.10. The fraction of sp³-hybridized carbons (Fsp3) is 0.818. The molecule has 0 aliphatic heterocycles. The fourth-order valence-electron chi connectivity index (χ4n) is 1.55. The molecule has 0 spiro atoms. The van der Waals surface area contributed by atoms with Gasteiger partial charge in [0.15, 0.2) is 0 Å². The molecule has 0 aromatic carbocycles. The Morgan fingerprint density at radius 1 is 1.47 bits per heavy atom. The predicted molar refractivity (Wildman–Crippen MR) is 59.5 cm³/mol. The van der Waals surface area contributed by atoms with Crippen LogP contribution in [0.1, 0.15) is 39.4 Å². The van der Waals surface area contributed by atoms with Crippen molar-refractivity contribution in [2.45, 2.75) is 52.7 Å². The summed E-state index contributed by atoms with van der Waals surface area (Å²) in [6, 6.07) is 0. The van der Waals surface area contributed by atoms with E-state index < -0.39 is 0 Å². The summed E-state index contributed by atoms with van der Waals surface area (Å²) in [5.74, 6) is 1.36. The SMILES string of the molecule is CCn1ncnc1CCCC(O)C(C)C. The molecule has 1 N–H and O–H groups in total. The van der Waals surface area contributed by atoms with Gasteiger partial charge in [-0.1, -0.05) is 13.8 Å². The number of aromatic nitrogens is 3. The third-order valence-electron chi connectivity index (χ3n) is 2.67. The number of nitrogens with zero attached hydrogens (tertiary/aromatic N) is 3. The van der Waals surface area contributed by atoms with E-state index in [2.05, 4.69) is 17.0 Å². The number of hydrogen-bond donors (Lipinski definition) is 1. The third-order valence-corrected chi connectivity index (χ3v) is 2.67. The van der Waals surface area contributed by atoms with Gasteiger partial charge in [0.25, 0.3) is 0 Å². The first kappa shape index (κ1) is 12.2. The van der Waals surface area contributed by atoms with Gasteiger partial charge in [-0.3, -0.25) is 4.68 Å². The van der Waals surface area contributed by atoms with Crippen molar-refractivity contribution in [3.05, 3.63) is 12.2 Å². The van der Waals surface area contributed by atoms with Gasteiger partial charge in [0, 0.05) is 13.0 Å². The molecule has 1 atom stereocenters. The molecule has 0 bridgehead atoms. The van der Waals surface area contributed by atoms with Crippen LogP contribution in [0.4, 0.5) is 0 Å². The minimum Gasteiger partial charge on any atom is -0.393 e. The second-order valence-electron chi connectivity index (χ2n) is 4.20. The Bertz CT molecular complexity index is 283. The number of aliphatic hydroxyl groups is 1. The Labute approximate surface area is 91.3 Å². The number of hydrogen-bond acceptors (Lipinski definition) is 3. The molecule has 4 nitrogen and oxygen atoms in total. The molecule has 0 aliphatic rings. The molecule has 1 heterocycles. The van der Waals surface area contributed by atoms with Gasteiger partial charge in [-0.05, 0) is 25.7 Å². The largest absolute Gasteiger partial charge is 0.393 e. The van der Waals surface area contributed by atoms with Gasteiger partial charge in [0.2, 0.25) is 0 Å². The van der Waals surface area contributed by atoms with E-state index in [1.54, 1.807) is 6.33 Å². The van der Waals surface area contributed by atoms with Crippen LogP contribution in [-0.4, -0.2) is 26.0 Å². The van der Waals surface area contributed by atoms with Crippen LogP contribution in [-0.2, 0) is 13.0 Å². The summed E-state index contributed by atoms with van der Waals surface area (Å²) in [7, 11) is 0. The van der Waals surface area contributed by atoms with Crippen molar-refractivity contribution in [1.29, 1.82) is 0 Å². The molecule has 1 rings (SSSR count). The lowest BCUT2D eigenvalue weighted by molar-refractivity contribution is 0.114. The van der Waals surface area contributed by atoms with Crippen LogP contribution in [0.3, 0.4) is 0 Å². The van der Waals surface area contributed by atoms with Crippen molar-refractivity contribution in [1.82, 2.24) is 14.8 Å². The zero-order valence-electron chi connectivity index (χ0n) is 9.85. The van der Waals surface area contributed by atoms with Gasteiger partial charge in [0.05, 0.1) is 6.10 Å². The van der Waals surface area contributed by atoms with Crippen molar-refractivity contribution in [2.75, 3.05) is 0 Å². The molecule has 0 amide bonds. The van der Waals surface area contributed by atoms with Crippen LogP contribution in [0.15, 0.2) is 6.33 Å². The minimum absolute atomic E-state index is 0.192. The van der Waals surface area contributed by atoms with Crippen LogP contribution in [0.25, 0.3) is 0 Å². The monoisotopic (exact) mass is 211 g/mol. The van der Waals surface area contributed by atoms with Crippen LogP contribution in [0.5, 0.6) is 0 Å². The Hall–Kier alpha value is -0.900. The first-order valence-electron chi connectivity index (χ1n) is 5.69. The number of aliphatic hydroxyl groups excluding tert-OH is 1.